The van der Waals surface area contributed by atoms with Crippen LogP contribution in [0.2, 0.25) is 0 Å². The van der Waals surface area contributed by atoms with Crippen LogP contribution in [-0.4, -0.2) is 11.7 Å². The topological polar surface area (TPSA) is 106 Å². The average Bonchev–Trinajstić information content (AvgIpc) is 3.20. The summed E-state index contributed by atoms with van der Waals surface area (Å²) in [5.74, 6) is 11.5. The monoisotopic (exact) mass is 289 g/mol. The summed E-state index contributed by atoms with van der Waals surface area (Å²) in [5.41, 5.74) is 4.18. The fraction of sp³-hybridized carbons (Fsp3) is 0.467. The Bertz CT molecular complexity index is 531. The molecule has 6 N–H and O–H groups in total. The lowest BCUT2D eigenvalue weighted by Gasteiger charge is -2.19. The highest BCUT2D eigenvalue weighted by molar-refractivity contribution is 5.98. The fourth-order valence-corrected chi connectivity index (χ4v) is 2.44. The first-order chi connectivity index (χ1) is 10.0. The highest BCUT2D eigenvalue weighted by Gasteiger charge is 2.45. The molecule has 1 aliphatic carbocycles. The number of hydrazine groups is 1. The Hall–Kier alpha value is -2.08. The van der Waals surface area contributed by atoms with Crippen LogP contribution >= 0.6 is 0 Å². The number of benzene rings is 1. The molecule has 1 saturated carbocycles. The molecule has 6 nitrogen and oxygen atoms in total. The molecule has 0 aliphatic heterocycles. The lowest BCUT2D eigenvalue weighted by molar-refractivity contribution is -0.122. The van der Waals surface area contributed by atoms with Crippen molar-refractivity contribution in [3.8, 4) is 0 Å². The molecule has 1 fully saturated rings. The maximum absolute atomic E-state index is 12.0. The second-order valence-electron chi connectivity index (χ2n) is 5.93. The Labute approximate surface area is 124 Å². The number of carbonyl (C=O) groups is 1. The molecular weight excluding hydrogens is 266 g/mol. The molecule has 0 heterocycles. The molecule has 0 bridgehead atoms. The van der Waals surface area contributed by atoms with Gasteiger partial charge in [0.05, 0.1) is 5.54 Å². The number of rotatable bonds is 5. The number of carbonyl (C=O) groups excluding carboxylic acids is 1. The molecule has 1 aromatic rings. The highest BCUT2D eigenvalue weighted by atomic mass is 16.1. The maximum Gasteiger partial charge on any atom is 0.220 e. The number of hydrogen-bond acceptors (Lipinski definition) is 4. The van der Waals surface area contributed by atoms with Crippen LogP contribution in [-0.2, 0) is 10.3 Å². The van der Waals surface area contributed by atoms with Gasteiger partial charge in [-0.3, -0.25) is 4.79 Å². The fourth-order valence-electron chi connectivity index (χ4n) is 2.44. The smallest absolute Gasteiger partial charge is 0.220 e. The van der Waals surface area contributed by atoms with Gasteiger partial charge in [-0.2, -0.15) is 5.10 Å². The molecule has 0 saturated heterocycles. The number of nitrogens with zero attached hydrogens (tertiary/aromatic N) is 1. The first-order valence-electron chi connectivity index (χ1n) is 7.17. The predicted molar refractivity (Wildman–Crippen MR) is 83.0 cm³/mol. The number of amides is 1. The Balaban J connectivity index is 2.10. The van der Waals surface area contributed by atoms with Crippen LogP contribution in [0.4, 0.5) is 0 Å². The summed E-state index contributed by atoms with van der Waals surface area (Å²) in [6, 6.07) is 7.77. The largest absolute Gasteiger partial charge is 0.347 e. The van der Waals surface area contributed by atoms with Crippen molar-refractivity contribution in [1.82, 2.24) is 10.7 Å². The molecule has 114 valence electrons. The zero-order valence-corrected chi connectivity index (χ0v) is 12.5. The summed E-state index contributed by atoms with van der Waals surface area (Å²) < 4.78 is 0. The standard InChI is InChI=1S/C15H23N5O/c1-10(2)9-13(21)18-15(7-8-15)12-5-3-11(4-6-12)14(19-16)20-17/h3-6,10H,7-9,16-17H2,1-2H3,(H,18,21)(H,19,20). The molecule has 1 aliphatic rings. The van der Waals surface area contributed by atoms with E-state index in [2.05, 4.69) is 15.8 Å². The minimum atomic E-state index is -0.194. The molecule has 1 aromatic carbocycles. The van der Waals surface area contributed by atoms with Crippen LogP contribution in [0.3, 0.4) is 0 Å². The quantitative estimate of drug-likeness (QED) is 0.280. The zero-order valence-electron chi connectivity index (χ0n) is 12.5. The molecule has 1 amide bonds. The molecule has 6 heteroatoms. The van der Waals surface area contributed by atoms with Gasteiger partial charge in [0, 0.05) is 12.0 Å². The van der Waals surface area contributed by atoms with Crippen LogP contribution in [0, 0.1) is 5.92 Å². The zero-order chi connectivity index (χ0) is 15.5. The van der Waals surface area contributed by atoms with Crippen molar-refractivity contribution in [2.75, 3.05) is 0 Å². The van der Waals surface area contributed by atoms with Crippen molar-refractivity contribution < 1.29 is 4.79 Å². The Morgan fingerprint density at radius 1 is 1.33 bits per heavy atom. The molecule has 2 rings (SSSR count). The van der Waals surface area contributed by atoms with Crippen molar-refractivity contribution >= 4 is 11.7 Å². The normalized spacial score (nSPS) is 16.7. The second kappa shape index (κ2) is 6.13. The predicted octanol–water partition coefficient (Wildman–Crippen LogP) is 0.922. The van der Waals surface area contributed by atoms with Gasteiger partial charge in [0.25, 0.3) is 0 Å². The van der Waals surface area contributed by atoms with Gasteiger partial charge in [-0.25, -0.2) is 5.84 Å². The van der Waals surface area contributed by atoms with Crippen LogP contribution < -0.4 is 22.4 Å². The van der Waals surface area contributed by atoms with Gasteiger partial charge in [0.15, 0.2) is 5.84 Å². The van der Waals surface area contributed by atoms with Crippen molar-refractivity contribution in [2.45, 2.75) is 38.6 Å². The van der Waals surface area contributed by atoms with Gasteiger partial charge in [-0.15, -0.1) is 0 Å². The first kappa shape index (κ1) is 15.3. The van der Waals surface area contributed by atoms with Gasteiger partial charge < -0.3 is 16.6 Å². The summed E-state index contributed by atoms with van der Waals surface area (Å²) >= 11 is 0. The van der Waals surface area contributed by atoms with E-state index in [1.54, 1.807) is 0 Å². The summed E-state index contributed by atoms with van der Waals surface area (Å²) in [4.78, 5) is 12.0. The van der Waals surface area contributed by atoms with Crippen molar-refractivity contribution in [3.05, 3.63) is 35.4 Å². The van der Waals surface area contributed by atoms with E-state index in [0.717, 1.165) is 24.0 Å². The maximum atomic E-state index is 12.0. The van der Waals surface area contributed by atoms with E-state index in [1.807, 2.05) is 38.1 Å². The van der Waals surface area contributed by atoms with Gasteiger partial charge in [-0.1, -0.05) is 38.1 Å². The second-order valence-corrected chi connectivity index (χ2v) is 5.93. The molecular formula is C15H23N5O. The third-order valence-electron chi connectivity index (χ3n) is 3.70. The van der Waals surface area contributed by atoms with Crippen LogP contribution in [0.25, 0.3) is 0 Å². The minimum absolute atomic E-state index is 0.111. The number of hydrazone groups is 1. The van der Waals surface area contributed by atoms with Crippen LogP contribution in [0.1, 0.15) is 44.2 Å². The van der Waals surface area contributed by atoms with Crippen molar-refractivity contribution in [2.24, 2.45) is 22.7 Å². The first-order valence-corrected chi connectivity index (χ1v) is 7.17. The van der Waals surface area contributed by atoms with Crippen LogP contribution in [0.15, 0.2) is 29.4 Å². The van der Waals surface area contributed by atoms with E-state index in [4.69, 9.17) is 11.7 Å². The lowest BCUT2D eigenvalue weighted by atomic mass is 10.0. The van der Waals surface area contributed by atoms with Gasteiger partial charge in [-0.05, 0) is 24.3 Å². The lowest BCUT2D eigenvalue weighted by Crippen LogP contribution is -2.35. The summed E-state index contributed by atoms with van der Waals surface area (Å²) in [6.45, 7) is 4.09. The Kier molecular flexibility index (Phi) is 4.47. The Morgan fingerprint density at radius 2 is 1.95 bits per heavy atom. The third-order valence-corrected chi connectivity index (χ3v) is 3.70. The Morgan fingerprint density at radius 3 is 2.38 bits per heavy atom. The molecule has 0 spiro atoms. The average molecular weight is 289 g/mol. The van der Waals surface area contributed by atoms with E-state index in [9.17, 15) is 4.79 Å². The highest BCUT2D eigenvalue weighted by Crippen LogP contribution is 2.45. The summed E-state index contributed by atoms with van der Waals surface area (Å²) in [7, 11) is 0. The molecule has 0 aromatic heterocycles. The minimum Gasteiger partial charge on any atom is -0.347 e. The van der Waals surface area contributed by atoms with E-state index in [1.165, 1.54) is 0 Å². The number of nitrogens with two attached hydrogens (primary N) is 2. The molecule has 0 unspecified atom stereocenters. The SMILES string of the molecule is CC(C)CC(=O)NC1(c2ccc(/C(=N/N)NN)cc2)CC1. The number of nitrogens with one attached hydrogen (secondary N) is 2. The molecule has 0 radical (unpaired) electrons. The van der Waals surface area contributed by atoms with E-state index >= 15 is 0 Å². The van der Waals surface area contributed by atoms with Crippen LogP contribution in [0.5, 0.6) is 0 Å². The number of hydrogen-bond donors (Lipinski definition) is 4. The van der Waals surface area contributed by atoms with E-state index in [-0.39, 0.29) is 11.4 Å². The summed E-state index contributed by atoms with van der Waals surface area (Å²) in [6.07, 6.45) is 2.51. The van der Waals surface area contributed by atoms with E-state index < -0.39 is 0 Å². The van der Waals surface area contributed by atoms with Gasteiger partial charge >= 0.3 is 0 Å². The van der Waals surface area contributed by atoms with Gasteiger partial charge in [0.1, 0.15) is 0 Å². The van der Waals surface area contributed by atoms with Gasteiger partial charge in [0.2, 0.25) is 5.91 Å². The summed E-state index contributed by atoms with van der Waals surface area (Å²) in [5, 5.41) is 6.73. The number of amidine groups is 1. The van der Waals surface area contributed by atoms with Crippen molar-refractivity contribution in [3.63, 3.8) is 0 Å². The third kappa shape index (κ3) is 3.52. The van der Waals surface area contributed by atoms with E-state index in [0.29, 0.717) is 18.2 Å². The van der Waals surface area contributed by atoms with Crippen molar-refractivity contribution in [1.29, 1.82) is 0 Å². The molecule has 21 heavy (non-hydrogen) atoms. The molecule has 0 atom stereocenters.